The van der Waals surface area contributed by atoms with Gasteiger partial charge in [0.2, 0.25) is 5.78 Å². The Morgan fingerprint density at radius 2 is 1.25 bits per heavy atom. The van der Waals surface area contributed by atoms with Crippen LogP contribution in [0, 0.1) is 0 Å². The molecule has 1 aliphatic rings. The molecule has 0 saturated carbocycles. The molecule has 1 aliphatic heterocycles. The maximum absolute atomic E-state index is 14.6. The van der Waals surface area contributed by atoms with E-state index in [2.05, 4.69) is 16.9 Å². The van der Waals surface area contributed by atoms with Crippen molar-refractivity contribution in [1.29, 1.82) is 0 Å². The van der Waals surface area contributed by atoms with Gasteiger partial charge < -0.3 is 23.8 Å². The van der Waals surface area contributed by atoms with Crippen LogP contribution < -0.4 is 9.47 Å². The Morgan fingerprint density at radius 3 is 1.84 bits per heavy atom. The minimum absolute atomic E-state index is 0.00239. The van der Waals surface area contributed by atoms with E-state index in [9.17, 15) is 14.4 Å². The summed E-state index contributed by atoms with van der Waals surface area (Å²) in [6, 6.07) is 34.3. The maximum Gasteiger partial charge on any atom is 0.358 e. The van der Waals surface area contributed by atoms with E-state index < -0.39 is 17.7 Å². The number of carbonyl (C=O) groups is 3. The minimum Gasteiger partial charge on any atom is -0.488 e. The molecule has 0 N–H and O–H groups in total. The molecule has 9 heteroatoms. The lowest BCUT2D eigenvalue weighted by molar-refractivity contribution is 0.0268. The fourth-order valence-corrected chi connectivity index (χ4v) is 5.85. The van der Waals surface area contributed by atoms with Crippen LogP contribution in [-0.4, -0.2) is 53.8 Å². The smallest absolute Gasteiger partial charge is 0.358 e. The second-order valence-corrected chi connectivity index (χ2v) is 12.4. The highest BCUT2D eigenvalue weighted by molar-refractivity contribution is 6.17. The highest BCUT2D eigenvalue weighted by Crippen LogP contribution is 2.35. The number of nitrogens with zero attached hydrogens (tertiary/aromatic N) is 2. The Bertz CT molecular complexity index is 1870. The first kappa shape index (κ1) is 35.0. The SMILES string of the molecule is CN1CCCC(OC(=O)c2cc(OCc3ccccc3)c(C(=O)c3cccnc3C(=O)OCc3ccccc3)c(OCc3ccccc3)c2)CC1. The van der Waals surface area contributed by atoms with Crippen LogP contribution in [0.4, 0.5) is 0 Å². The van der Waals surface area contributed by atoms with Crippen LogP contribution in [0.5, 0.6) is 11.5 Å². The summed E-state index contributed by atoms with van der Waals surface area (Å²) in [6.07, 6.45) is 3.58. The molecular formula is C42H40N2O7. The first-order valence-electron chi connectivity index (χ1n) is 17.1. The molecule has 0 radical (unpaired) electrons. The predicted octanol–water partition coefficient (Wildman–Crippen LogP) is 7.47. The number of ketones is 1. The van der Waals surface area contributed by atoms with Crippen molar-refractivity contribution in [3.05, 3.63) is 161 Å². The molecule has 6 rings (SSSR count). The molecule has 1 saturated heterocycles. The summed E-state index contributed by atoms with van der Waals surface area (Å²) in [4.78, 5) is 48.2. The summed E-state index contributed by atoms with van der Waals surface area (Å²) >= 11 is 0. The molecule has 4 aromatic carbocycles. The zero-order valence-electron chi connectivity index (χ0n) is 28.5. The first-order chi connectivity index (χ1) is 24.9. The highest BCUT2D eigenvalue weighted by atomic mass is 16.5. The molecule has 1 unspecified atom stereocenters. The number of esters is 2. The van der Waals surface area contributed by atoms with Gasteiger partial charge in [0.25, 0.3) is 0 Å². The molecule has 0 aliphatic carbocycles. The van der Waals surface area contributed by atoms with Crippen LogP contribution in [0.15, 0.2) is 121 Å². The van der Waals surface area contributed by atoms with E-state index >= 15 is 0 Å². The third-order valence-electron chi connectivity index (χ3n) is 8.63. The van der Waals surface area contributed by atoms with Crippen LogP contribution in [0.25, 0.3) is 0 Å². The molecular weight excluding hydrogens is 644 g/mol. The van der Waals surface area contributed by atoms with Crippen LogP contribution in [0.1, 0.15) is 72.7 Å². The van der Waals surface area contributed by atoms with E-state index in [1.165, 1.54) is 24.4 Å². The average Bonchev–Trinajstić information content (AvgIpc) is 3.39. The first-order valence-corrected chi connectivity index (χ1v) is 17.1. The third kappa shape index (κ3) is 9.46. The zero-order chi connectivity index (χ0) is 35.4. The molecule has 0 spiro atoms. The van der Waals surface area contributed by atoms with Crippen LogP contribution >= 0.6 is 0 Å². The molecule has 9 nitrogen and oxygen atoms in total. The van der Waals surface area contributed by atoms with Gasteiger partial charge in [0.1, 0.15) is 43.0 Å². The van der Waals surface area contributed by atoms with Gasteiger partial charge in [0.15, 0.2) is 5.69 Å². The monoisotopic (exact) mass is 684 g/mol. The topological polar surface area (TPSA) is 104 Å². The second-order valence-electron chi connectivity index (χ2n) is 12.4. The Kier molecular flexibility index (Phi) is 11.8. The summed E-state index contributed by atoms with van der Waals surface area (Å²) < 4.78 is 24.2. The quantitative estimate of drug-likeness (QED) is 0.0923. The number of likely N-dealkylation sites (tertiary alicyclic amines) is 1. The van der Waals surface area contributed by atoms with E-state index in [1.54, 1.807) is 6.07 Å². The van der Waals surface area contributed by atoms with Gasteiger partial charge in [0.05, 0.1) is 11.1 Å². The molecule has 0 amide bonds. The number of hydrogen-bond acceptors (Lipinski definition) is 9. The third-order valence-corrected chi connectivity index (χ3v) is 8.63. The Balaban J connectivity index is 1.38. The Hall–Kier alpha value is -5.80. The van der Waals surface area contributed by atoms with Crippen LogP contribution in [-0.2, 0) is 29.3 Å². The number of ether oxygens (including phenoxy) is 4. The zero-order valence-corrected chi connectivity index (χ0v) is 28.5. The van der Waals surface area contributed by atoms with Crippen molar-refractivity contribution in [3.8, 4) is 11.5 Å². The lowest BCUT2D eigenvalue weighted by Crippen LogP contribution is -2.22. The van der Waals surface area contributed by atoms with Gasteiger partial charge in [-0.3, -0.25) is 4.79 Å². The van der Waals surface area contributed by atoms with Crippen molar-refractivity contribution in [2.24, 2.45) is 0 Å². The minimum atomic E-state index is -0.754. The summed E-state index contributed by atoms with van der Waals surface area (Å²) in [5, 5.41) is 0. The molecule has 1 atom stereocenters. The molecule has 260 valence electrons. The normalized spacial score (nSPS) is 14.6. The second kappa shape index (κ2) is 17.2. The van der Waals surface area contributed by atoms with Crippen molar-refractivity contribution < 1.29 is 33.3 Å². The lowest BCUT2D eigenvalue weighted by atomic mass is 9.98. The highest BCUT2D eigenvalue weighted by Gasteiger charge is 2.29. The lowest BCUT2D eigenvalue weighted by Gasteiger charge is -2.20. The van der Waals surface area contributed by atoms with Gasteiger partial charge in [-0.15, -0.1) is 0 Å². The van der Waals surface area contributed by atoms with Gasteiger partial charge in [0, 0.05) is 12.7 Å². The van der Waals surface area contributed by atoms with E-state index in [0.29, 0.717) is 0 Å². The van der Waals surface area contributed by atoms with Gasteiger partial charge in [-0.1, -0.05) is 91.0 Å². The van der Waals surface area contributed by atoms with Gasteiger partial charge >= 0.3 is 11.9 Å². The van der Waals surface area contributed by atoms with Gasteiger partial charge in [-0.2, -0.15) is 0 Å². The average molecular weight is 685 g/mol. The number of aromatic nitrogens is 1. The number of hydrogen-bond donors (Lipinski definition) is 0. The summed E-state index contributed by atoms with van der Waals surface area (Å²) in [7, 11) is 2.06. The van der Waals surface area contributed by atoms with Crippen molar-refractivity contribution in [2.45, 2.75) is 45.2 Å². The van der Waals surface area contributed by atoms with E-state index in [1.807, 2.05) is 91.0 Å². The summed E-state index contributed by atoms with van der Waals surface area (Å²) in [5.74, 6) is -1.66. The van der Waals surface area contributed by atoms with E-state index in [-0.39, 0.29) is 59.8 Å². The van der Waals surface area contributed by atoms with Gasteiger partial charge in [-0.25, -0.2) is 14.6 Å². The van der Waals surface area contributed by atoms with Crippen molar-refractivity contribution in [2.75, 3.05) is 20.1 Å². The molecule has 5 aromatic rings. The van der Waals surface area contributed by atoms with Crippen LogP contribution in [0.3, 0.4) is 0 Å². The molecule has 1 aromatic heterocycles. The van der Waals surface area contributed by atoms with Crippen molar-refractivity contribution in [3.63, 3.8) is 0 Å². The van der Waals surface area contributed by atoms with Crippen LogP contribution in [0.2, 0.25) is 0 Å². The summed E-state index contributed by atoms with van der Waals surface area (Å²) in [6.45, 7) is 1.98. The standard InChI is InChI=1S/C42H40N2O7/c1-44-23-12-19-34(21-24-44)51-41(46)33-25-36(48-27-30-13-5-2-6-14-30)38(37(26-33)49-28-31-15-7-3-8-16-31)40(45)35-20-11-22-43-39(35)42(47)50-29-32-17-9-4-10-18-32/h2-11,13-18,20,22,25-26,34H,12,19,21,23-24,27-29H2,1H3. The molecule has 2 heterocycles. The Morgan fingerprint density at radius 1 is 0.686 bits per heavy atom. The Labute approximate surface area is 297 Å². The molecule has 1 fully saturated rings. The maximum atomic E-state index is 14.6. The molecule has 51 heavy (non-hydrogen) atoms. The van der Waals surface area contributed by atoms with E-state index in [0.717, 1.165) is 49.0 Å². The predicted molar refractivity (Wildman–Crippen MR) is 192 cm³/mol. The number of carbonyl (C=O) groups excluding carboxylic acids is 3. The fourth-order valence-electron chi connectivity index (χ4n) is 5.85. The van der Waals surface area contributed by atoms with E-state index in [4.69, 9.17) is 18.9 Å². The number of benzene rings is 4. The van der Waals surface area contributed by atoms with Crippen molar-refractivity contribution >= 4 is 17.7 Å². The molecule has 0 bridgehead atoms. The number of rotatable bonds is 13. The number of pyridine rings is 1. The fraction of sp³-hybridized carbons (Fsp3) is 0.238. The summed E-state index contributed by atoms with van der Waals surface area (Å²) in [5.41, 5.74) is 2.57. The van der Waals surface area contributed by atoms with Gasteiger partial charge in [-0.05, 0) is 73.8 Å². The van der Waals surface area contributed by atoms with Crippen molar-refractivity contribution in [1.82, 2.24) is 9.88 Å². The largest absolute Gasteiger partial charge is 0.488 e.